The smallest absolute Gasteiger partial charge is 0.373 e. The molecule has 2 aromatic carbocycles. The van der Waals surface area contributed by atoms with Crippen LogP contribution in [0.2, 0.25) is 0 Å². The molecule has 0 fully saturated rings. The minimum atomic E-state index is -3.66. The third kappa shape index (κ3) is 4.85. The monoisotopic (exact) mass is 455 g/mol. The fraction of sp³-hybridized carbons (Fsp3) is 0.391. The van der Waals surface area contributed by atoms with Gasteiger partial charge in [0, 0.05) is 19.8 Å². The number of para-hydroxylation sites is 2. The molecular weight excluding hydrogens is 426 g/mol. The van der Waals surface area contributed by atoms with Crippen molar-refractivity contribution < 1.29 is 22.9 Å². The van der Waals surface area contributed by atoms with Crippen molar-refractivity contribution in [2.45, 2.75) is 32.2 Å². The zero-order valence-electron chi connectivity index (χ0n) is 18.7. The van der Waals surface area contributed by atoms with E-state index in [4.69, 9.17) is 19.0 Å². The minimum Gasteiger partial charge on any atom is -0.373 e. The number of rotatable bonds is 13. The molecule has 2 N–H and O–H groups in total. The molecule has 0 aromatic heterocycles. The minimum absolute atomic E-state index is 0.236. The highest BCUT2D eigenvalue weighted by molar-refractivity contribution is 6.65. The zero-order chi connectivity index (χ0) is 23.5. The highest BCUT2D eigenvalue weighted by Gasteiger charge is 2.64. The predicted molar refractivity (Wildman–Crippen MR) is 124 cm³/mol. The number of isocyanates is 2. The Kier molecular flexibility index (Phi) is 9.83. The van der Waals surface area contributed by atoms with E-state index in [0.29, 0.717) is 48.7 Å². The highest BCUT2D eigenvalue weighted by Crippen LogP contribution is 2.50. The Morgan fingerprint density at radius 3 is 1.56 bits per heavy atom. The van der Waals surface area contributed by atoms with Crippen molar-refractivity contribution in [2.75, 3.05) is 26.4 Å². The van der Waals surface area contributed by atoms with Crippen molar-refractivity contribution in [3.63, 3.8) is 0 Å². The molecule has 0 amide bonds. The molecule has 0 aliphatic rings. The molecule has 0 unspecified atom stereocenters. The van der Waals surface area contributed by atoms with E-state index < -0.39 is 13.8 Å². The van der Waals surface area contributed by atoms with Gasteiger partial charge in [0.05, 0.1) is 16.4 Å². The summed E-state index contributed by atoms with van der Waals surface area (Å²) in [6, 6.07) is 14.3. The first-order chi connectivity index (χ1) is 15.6. The van der Waals surface area contributed by atoms with Crippen molar-refractivity contribution in [1.82, 2.24) is 0 Å². The molecule has 0 radical (unpaired) electrons. The van der Waals surface area contributed by atoms with Crippen LogP contribution in [0.4, 0.5) is 11.4 Å². The lowest BCUT2D eigenvalue weighted by Crippen LogP contribution is -2.64. The number of aliphatic imine (C=N–C) groups is 2. The summed E-state index contributed by atoms with van der Waals surface area (Å²) < 4.78 is 19.1. The van der Waals surface area contributed by atoms with E-state index in [-0.39, 0.29) is 6.54 Å². The molecule has 170 valence electrons. The first-order valence-corrected chi connectivity index (χ1v) is 12.3. The topological polar surface area (TPSA) is 113 Å². The Labute approximate surface area is 189 Å². The predicted octanol–water partition coefficient (Wildman–Crippen LogP) is 3.84. The molecule has 0 aliphatic carbocycles. The average Bonchev–Trinajstić information content (AvgIpc) is 2.79. The van der Waals surface area contributed by atoms with Crippen molar-refractivity contribution in [3.05, 3.63) is 59.7 Å². The third-order valence-electron chi connectivity index (χ3n) is 5.10. The van der Waals surface area contributed by atoms with Gasteiger partial charge in [-0.25, -0.2) is 9.59 Å². The molecule has 9 heteroatoms. The van der Waals surface area contributed by atoms with Crippen molar-refractivity contribution in [2.24, 2.45) is 15.7 Å². The second-order valence-electron chi connectivity index (χ2n) is 6.74. The van der Waals surface area contributed by atoms with Crippen molar-refractivity contribution in [1.29, 1.82) is 0 Å². The van der Waals surface area contributed by atoms with Gasteiger partial charge in [0.25, 0.3) is 0 Å². The van der Waals surface area contributed by atoms with E-state index in [2.05, 4.69) is 9.98 Å². The lowest BCUT2D eigenvalue weighted by Gasteiger charge is -2.46. The Hall–Kier alpha value is -2.74. The van der Waals surface area contributed by atoms with Gasteiger partial charge < -0.3 is 19.0 Å². The van der Waals surface area contributed by atoms with Crippen LogP contribution in [-0.4, -0.2) is 47.3 Å². The van der Waals surface area contributed by atoms with Crippen LogP contribution < -0.4 is 5.73 Å². The number of nitrogens with two attached hydrogens (primary N) is 1. The molecule has 0 aliphatic heterocycles. The highest BCUT2D eigenvalue weighted by atomic mass is 28.4. The first kappa shape index (κ1) is 25.5. The summed E-state index contributed by atoms with van der Waals surface area (Å²) in [4.78, 5) is 30.5. The number of hydrogen-bond donors (Lipinski definition) is 1. The lowest BCUT2D eigenvalue weighted by atomic mass is 9.85. The van der Waals surface area contributed by atoms with E-state index in [0.717, 1.165) is 0 Å². The van der Waals surface area contributed by atoms with Crippen LogP contribution in [0, 0.1) is 0 Å². The fourth-order valence-corrected chi connectivity index (χ4v) is 7.80. The Balaban J connectivity index is 3.14. The Bertz CT molecular complexity index is 909. The largest absolute Gasteiger partial charge is 0.516 e. The van der Waals surface area contributed by atoms with Crippen LogP contribution in [0.25, 0.3) is 0 Å². The number of hydrogen-bond acceptors (Lipinski definition) is 8. The number of nitrogens with zero attached hydrogens (tertiary/aromatic N) is 2. The first-order valence-electron chi connectivity index (χ1n) is 10.6. The number of carbonyl (C=O) groups excluding carboxylic acids is 2. The molecule has 0 spiro atoms. The van der Waals surface area contributed by atoms with Gasteiger partial charge in [-0.1, -0.05) is 36.4 Å². The molecule has 0 bridgehead atoms. The maximum atomic E-state index is 11.3. The Morgan fingerprint density at radius 1 is 0.812 bits per heavy atom. The maximum absolute atomic E-state index is 11.3. The van der Waals surface area contributed by atoms with E-state index in [9.17, 15) is 9.59 Å². The van der Waals surface area contributed by atoms with Crippen molar-refractivity contribution in [3.8, 4) is 0 Å². The molecule has 0 saturated carbocycles. The molecular formula is C23H29N3O5Si. The van der Waals surface area contributed by atoms with E-state index >= 15 is 0 Å². The summed E-state index contributed by atoms with van der Waals surface area (Å²) in [6.45, 7) is 6.76. The Morgan fingerprint density at radius 2 is 1.22 bits per heavy atom. The van der Waals surface area contributed by atoms with E-state index in [1.54, 1.807) is 36.4 Å². The summed E-state index contributed by atoms with van der Waals surface area (Å²) in [7, 11) is -3.66. The van der Waals surface area contributed by atoms with Crippen molar-refractivity contribution >= 4 is 32.3 Å². The SMILES string of the molecule is CCO[Si](OCC)(OCC)C(CCN)(c1ccccc1N=C=O)c1ccccc1N=C=O. The van der Waals surface area contributed by atoms with Gasteiger partial charge >= 0.3 is 8.80 Å². The van der Waals surface area contributed by atoms with Crippen LogP contribution in [0.15, 0.2) is 58.5 Å². The second kappa shape index (κ2) is 12.3. The summed E-state index contributed by atoms with van der Waals surface area (Å²) in [5.74, 6) is 0. The molecule has 8 nitrogen and oxygen atoms in total. The van der Waals surface area contributed by atoms with Gasteiger partial charge in [0.1, 0.15) is 0 Å². The fourth-order valence-electron chi connectivity index (χ4n) is 4.14. The third-order valence-corrected chi connectivity index (χ3v) is 8.95. The second-order valence-corrected chi connectivity index (χ2v) is 9.57. The molecule has 0 saturated heterocycles. The summed E-state index contributed by atoms with van der Waals surface area (Å²) >= 11 is 0. The van der Waals surface area contributed by atoms with E-state index in [1.165, 1.54) is 0 Å². The van der Waals surface area contributed by atoms with E-state index in [1.807, 2.05) is 45.0 Å². The van der Waals surface area contributed by atoms with Crippen LogP contribution in [0.1, 0.15) is 38.3 Å². The van der Waals surface area contributed by atoms with Crippen LogP contribution in [0.3, 0.4) is 0 Å². The van der Waals surface area contributed by atoms with Gasteiger partial charge in [-0.2, -0.15) is 9.98 Å². The molecule has 0 heterocycles. The van der Waals surface area contributed by atoms with Gasteiger partial charge in [0.15, 0.2) is 0 Å². The van der Waals surface area contributed by atoms with Gasteiger partial charge in [0.2, 0.25) is 12.2 Å². The summed E-state index contributed by atoms with van der Waals surface area (Å²) in [5, 5.41) is -1.11. The van der Waals surface area contributed by atoms with Gasteiger partial charge in [-0.15, -0.1) is 0 Å². The normalized spacial score (nSPS) is 13.0. The summed E-state index contributed by atoms with van der Waals surface area (Å²) in [6.07, 6.45) is 3.59. The maximum Gasteiger partial charge on any atom is 0.516 e. The molecule has 2 rings (SSSR count). The molecule has 32 heavy (non-hydrogen) atoms. The average molecular weight is 456 g/mol. The zero-order valence-corrected chi connectivity index (χ0v) is 19.7. The van der Waals surface area contributed by atoms with Crippen LogP contribution in [0.5, 0.6) is 0 Å². The lowest BCUT2D eigenvalue weighted by molar-refractivity contribution is 0.0489. The summed E-state index contributed by atoms with van der Waals surface area (Å²) in [5.41, 5.74) is 8.19. The quantitative estimate of drug-likeness (QED) is 0.279. The van der Waals surface area contributed by atoms with Gasteiger partial charge in [-0.05, 0) is 57.0 Å². The number of benzene rings is 2. The van der Waals surface area contributed by atoms with Crippen LogP contribution >= 0.6 is 0 Å². The molecule has 0 atom stereocenters. The molecule has 2 aromatic rings. The van der Waals surface area contributed by atoms with Gasteiger partial charge in [-0.3, -0.25) is 0 Å². The van der Waals surface area contributed by atoms with Crippen LogP contribution in [-0.2, 0) is 27.9 Å². The standard InChI is InChI=1S/C23H29N3O5Si/c1-4-29-32(30-5-2,31-6-3)23(15-16-24,19-11-7-9-13-21(19)25-17-27)20-12-8-10-14-22(20)26-18-28/h7-14H,4-6,15-16,24H2,1-3H3.